The maximum atomic E-state index is 12.6. The molecule has 2 saturated heterocycles. The van der Waals surface area contributed by atoms with Crippen molar-refractivity contribution in [2.45, 2.75) is 12.8 Å². The second kappa shape index (κ2) is 7.64. The first-order valence-corrected chi connectivity index (χ1v) is 8.67. The molecule has 1 aromatic carbocycles. The van der Waals surface area contributed by atoms with Crippen LogP contribution in [-0.4, -0.2) is 66.9 Å². The molecule has 0 saturated carbocycles. The zero-order valence-corrected chi connectivity index (χ0v) is 14.0. The Morgan fingerprint density at radius 1 is 1.09 bits per heavy atom. The van der Waals surface area contributed by atoms with Crippen LogP contribution in [0.5, 0.6) is 0 Å². The Balaban J connectivity index is 1.48. The summed E-state index contributed by atoms with van der Waals surface area (Å²) in [7, 11) is 2.12. The van der Waals surface area contributed by atoms with E-state index in [2.05, 4.69) is 58.3 Å². The number of nitrogens with zero attached hydrogens (tertiary/aromatic N) is 3. The zero-order chi connectivity index (χ0) is 16.1. The molecular weight excluding hydrogens is 286 g/mol. The molecule has 2 fully saturated rings. The SMILES string of the molecule is CN1CCC[C@@H](C(=O)N2CCN(/C=C/c3ccccc3)CC2)C1. The van der Waals surface area contributed by atoms with Crippen molar-refractivity contribution in [1.29, 1.82) is 0 Å². The first-order chi connectivity index (χ1) is 11.2. The van der Waals surface area contributed by atoms with Gasteiger partial charge >= 0.3 is 0 Å². The lowest BCUT2D eigenvalue weighted by molar-refractivity contribution is -0.138. The van der Waals surface area contributed by atoms with Gasteiger partial charge in [-0.1, -0.05) is 30.3 Å². The summed E-state index contributed by atoms with van der Waals surface area (Å²) in [5.41, 5.74) is 1.22. The van der Waals surface area contributed by atoms with E-state index in [4.69, 9.17) is 0 Å². The van der Waals surface area contributed by atoms with Crippen LogP contribution < -0.4 is 0 Å². The molecule has 4 nitrogen and oxygen atoms in total. The van der Waals surface area contributed by atoms with Crippen LogP contribution in [0.15, 0.2) is 36.5 Å². The maximum absolute atomic E-state index is 12.6. The summed E-state index contributed by atoms with van der Waals surface area (Å²) < 4.78 is 0. The van der Waals surface area contributed by atoms with Gasteiger partial charge in [-0.15, -0.1) is 0 Å². The second-order valence-corrected chi connectivity index (χ2v) is 6.69. The number of amides is 1. The summed E-state index contributed by atoms with van der Waals surface area (Å²) in [6, 6.07) is 10.4. The molecule has 124 valence electrons. The first kappa shape index (κ1) is 16.1. The largest absolute Gasteiger partial charge is 0.374 e. The fourth-order valence-electron chi connectivity index (χ4n) is 3.47. The lowest BCUT2D eigenvalue weighted by atomic mass is 9.96. The highest BCUT2D eigenvalue weighted by Crippen LogP contribution is 2.18. The summed E-state index contributed by atoms with van der Waals surface area (Å²) in [6.45, 7) is 5.60. The molecule has 1 aromatic rings. The van der Waals surface area contributed by atoms with Crippen molar-refractivity contribution >= 4 is 12.0 Å². The number of hydrogen-bond acceptors (Lipinski definition) is 3. The molecule has 1 amide bonds. The predicted molar refractivity (Wildman–Crippen MR) is 93.9 cm³/mol. The third kappa shape index (κ3) is 4.35. The topological polar surface area (TPSA) is 26.8 Å². The van der Waals surface area contributed by atoms with Crippen molar-refractivity contribution in [3.63, 3.8) is 0 Å². The molecule has 1 atom stereocenters. The number of benzene rings is 1. The van der Waals surface area contributed by atoms with E-state index in [1.54, 1.807) is 0 Å². The van der Waals surface area contributed by atoms with Crippen LogP contribution in [0, 0.1) is 5.92 Å². The maximum Gasteiger partial charge on any atom is 0.227 e. The number of carbonyl (C=O) groups is 1. The van der Waals surface area contributed by atoms with Gasteiger partial charge in [0.25, 0.3) is 0 Å². The van der Waals surface area contributed by atoms with Crippen molar-refractivity contribution in [2.24, 2.45) is 5.92 Å². The normalized spacial score (nSPS) is 23.4. The van der Waals surface area contributed by atoms with Crippen LogP contribution in [0.2, 0.25) is 0 Å². The number of piperazine rings is 1. The Hall–Kier alpha value is -1.81. The minimum Gasteiger partial charge on any atom is -0.374 e. The molecule has 0 aliphatic carbocycles. The lowest BCUT2D eigenvalue weighted by Crippen LogP contribution is -2.51. The Kier molecular flexibility index (Phi) is 5.34. The predicted octanol–water partition coefficient (Wildman–Crippen LogP) is 2.14. The molecule has 0 aromatic heterocycles. The highest BCUT2D eigenvalue weighted by molar-refractivity contribution is 5.79. The van der Waals surface area contributed by atoms with E-state index < -0.39 is 0 Å². The number of carbonyl (C=O) groups excluding carboxylic acids is 1. The van der Waals surface area contributed by atoms with Gasteiger partial charge in [0.2, 0.25) is 5.91 Å². The standard InChI is InChI=1S/C19H27N3O/c1-20-10-5-8-18(16-20)19(23)22-14-12-21(13-15-22)11-9-17-6-3-2-4-7-17/h2-4,6-7,9,11,18H,5,8,10,12-16H2,1H3/b11-9+/t18-/m1/s1. The number of rotatable bonds is 3. The molecular formula is C19H27N3O. The summed E-state index contributed by atoms with van der Waals surface area (Å²) in [6.07, 6.45) is 6.50. The summed E-state index contributed by atoms with van der Waals surface area (Å²) in [5.74, 6) is 0.573. The second-order valence-electron chi connectivity index (χ2n) is 6.69. The van der Waals surface area contributed by atoms with Gasteiger partial charge in [0.05, 0.1) is 5.92 Å². The smallest absolute Gasteiger partial charge is 0.227 e. The Morgan fingerprint density at radius 3 is 2.52 bits per heavy atom. The van der Waals surface area contributed by atoms with Gasteiger partial charge in [-0.25, -0.2) is 0 Å². The number of piperidine rings is 1. The minimum atomic E-state index is 0.208. The molecule has 2 heterocycles. The van der Waals surface area contributed by atoms with Gasteiger partial charge in [-0.3, -0.25) is 4.79 Å². The molecule has 0 spiro atoms. The van der Waals surface area contributed by atoms with Crippen molar-refractivity contribution in [2.75, 3.05) is 46.3 Å². The summed E-state index contributed by atoms with van der Waals surface area (Å²) in [5, 5.41) is 0. The van der Waals surface area contributed by atoms with Crippen LogP contribution in [-0.2, 0) is 4.79 Å². The van der Waals surface area contributed by atoms with E-state index in [1.165, 1.54) is 5.56 Å². The third-order valence-electron chi connectivity index (χ3n) is 4.88. The first-order valence-electron chi connectivity index (χ1n) is 8.67. The average molecular weight is 313 g/mol. The molecule has 4 heteroatoms. The molecule has 3 rings (SSSR count). The molecule has 2 aliphatic heterocycles. The van der Waals surface area contributed by atoms with Crippen LogP contribution in [0.3, 0.4) is 0 Å². The van der Waals surface area contributed by atoms with E-state index in [-0.39, 0.29) is 5.92 Å². The van der Waals surface area contributed by atoms with Crippen LogP contribution in [0.1, 0.15) is 18.4 Å². The molecule has 23 heavy (non-hydrogen) atoms. The van der Waals surface area contributed by atoms with Crippen LogP contribution >= 0.6 is 0 Å². The molecule has 2 aliphatic rings. The Morgan fingerprint density at radius 2 is 1.83 bits per heavy atom. The van der Waals surface area contributed by atoms with Gasteiger partial charge in [-0.2, -0.15) is 0 Å². The van der Waals surface area contributed by atoms with Crippen LogP contribution in [0.25, 0.3) is 6.08 Å². The highest BCUT2D eigenvalue weighted by atomic mass is 16.2. The third-order valence-corrected chi connectivity index (χ3v) is 4.88. The Bertz CT molecular complexity index is 535. The summed E-state index contributed by atoms with van der Waals surface area (Å²) >= 11 is 0. The molecule has 0 bridgehead atoms. The quantitative estimate of drug-likeness (QED) is 0.855. The average Bonchev–Trinajstić information content (AvgIpc) is 2.61. The van der Waals surface area contributed by atoms with Crippen molar-refractivity contribution < 1.29 is 4.79 Å². The monoisotopic (exact) mass is 313 g/mol. The van der Waals surface area contributed by atoms with Gasteiger partial charge < -0.3 is 14.7 Å². The van der Waals surface area contributed by atoms with E-state index in [0.29, 0.717) is 5.91 Å². The van der Waals surface area contributed by atoms with Gasteiger partial charge in [0.1, 0.15) is 0 Å². The Labute approximate surface area is 139 Å². The van der Waals surface area contributed by atoms with Gasteiger partial charge in [0, 0.05) is 32.7 Å². The number of hydrogen-bond donors (Lipinski definition) is 0. The highest BCUT2D eigenvalue weighted by Gasteiger charge is 2.29. The number of likely N-dealkylation sites (tertiary alicyclic amines) is 1. The van der Waals surface area contributed by atoms with Crippen molar-refractivity contribution in [3.05, 3.63) is 42.1 Å². The molecule has 0 N–H and O–H groups in total. The van der Waals surface area contributed by atoms with E-state index in [1.807, 2.05) is 6.07 Å². The minimum absolute atomic E-state index is 0.208. The molecule has 0 unspecified atom stereocenters. The van der Waals surface area contributed by atoms with E-state index >= 15 is 0 Å². The van der Waals surface area contributed by atoms with E-state index in [9.17, 15) is 4.79 Å². The summed E-state index contributed by atoms with van der Waals surface area (Å²) in [4.78, 5) is 19.3. The fourth-order valence-corrected chi connectivity index (χ4v) is 3.47. The van der Waals surface area contributed by atoms with E-state index in [0.717, 1.165) is 52.1 Å². The van der Waals surface area contributed by atoms with Gasteiger partial charge in [0.15, 0.2) is 0 Å². The zero-order valence-electron chi connectivity index (χ0n) is 14.0. The lowest BCUT2D eigenvalue weighted by Gasteiger charge is -2.38. The van der Waals surface area contributed by atoms with Crippen molar-refractivity contribution in [3.8, 4) is 0 Å². The molecule has 0 radical (unpaired) electrons. The van der Waals surface area contributed by atoms with Crippen LogP contribution in [0.4, 0.5) is 0 Å². The van der Waals surface area contributed by atoms with Gasteiger partial charge in [-0.05, 0) is 44.3 Å². The van der Waals surface area contributed by atoms with Crippen molar-refractivity contribution in [1.82, 2.24) is 14.7 Å². The fraction of sp³-hybridized carbons (Fsp3) is 0.526.